The molecule has 1 aromatic carbocycles. The Kier molecular flexibility index (Phi) is 30.8. The Morgan fingerprint density at radius 1 is 0.422 bits per heavy atom. The second-order valence-electron chi connectivity index (χ2n) is 9.58. The summed E-state index contributed by atoms with van der Waals surface area (Å²) in [6, 6.07) is 6.94. The van der Waals surface area contributed by atoms with E-state index in [-0.39, 0.29) is 6.10 Å². The van der Waals surface area contributed by atoms with Gasteiger partial charge in [-0.1, -0.05) is 0 Å². The molecule has 0 atom stereocenters. The van der Waals surface area contributed by atoms with E-state index in [1.54, 1.807) is 24.3 Å². The molecule has 0 radical (unpaired) electrons. The fourth-order valence-corrected chi connectivity index (χ4v) is 3.29. The molecule has 1 rings (SSSR count). The van der Waals surface area contributed by atoms with Gasteiger partial charge in [0.05, 0.1) is 145 Å². The lowest BCUT2D eigenvalue weighted by Gasteiger charge is -2.09. The van der Waals surface area contributed by atoms with E-state index in [1.165, 1.54) is 0 Å². The minimum atomic E-state index is 0.228. The van der Waals surface area contributed by atoms with E-state index >= 15 is 0 Å². The van der Waals surface area contributed by atoms with Crippen LogP contribution >= 0.6 is 0 Å². The van der Waals surface area contributed by atoms with E-state index in [0.29, 0.717) is 157 Å². The van der Waals surface area contributed by atoms with Crippen LogP contribution in [0.5, 0.6) is 5.75 Å². The molecular formula is C32H56O13. The molecule has 262 valence electrons. The van der Waals surface area contributed by atoms with Crippen LogP contribution < -0.4 is 4.74 Å². The first-order valence-corrected chi connectivity index (χ1v) is 15.8. The van der Waals surface area contributed by atoms with Crippen molar-refractivity contribution in [2.45, 2.75) is 20.0 Å². The van der Waals surface area contributed by atoms with Crippen LogP contribution in [0.2, 0.25) is 0 Å². The maximum absolute atomic E-state index is 10.6. The lowest BCUT2D eigenvalue weighted by atomic mass is 10.2. The van der Waals surface area contributed by atoms with Crippen molar-refractivity contribution in [1.29, 1.82) is 0 Å². The molecule has 0 spiro atoms. The van der Waals surface area contributed by atoms with Gasteiger partial charge >= 0.3 is 0 Å². The minimum Gasteiger partial charge on any atom is -0.491 e. The zero-order valence-electron chi connectivity index (χ0n) is 27.3. The average molecular weight is 649 g/mol. The summed E-state index contributed by atoms with van der Waals surface area (Å²) >= 11 is 0. The van der Waals surface area contributed by atoms with Crippen LogP contribution in [0.1, 0.15) is 24.2 Å². The van der Waals surface area contributed by atoms with Gasteiger partial charge in [0.25, 0.3) is 0 Å². The fraction of sp³-hybridized carbons (Fsp3) is 0.781. The maximum Gasteiger partial charge on any atom is 0.150 e. The van der Waals surface area contributed by atoms with Gasteiger partial charge in [0.1, 0.15) is 18.6 Å². The minimum absolute atomic E-state index is 0.228. The Morgan fingerprint density at radius 3 is 0.956 bits per heavy atom. The van der Waals surface area contributed by atoms with Crippen LogP contribution in [-0.2, 0) is 52.1 Å². The van der Waals surface area contributed by atoms with Crippen LogP contribution in [0.25, 0.3) is 0 Å². The largest absolute Gasteiger partial charge is 0.491 e. The van der Waals surface area contributed by atoms with Crippen molar-refractivity contribution in [2.24, 2.45) is 0 Å². The van der Waals surface area contributed by atoms with E-state index in [4.69, 9.17) is 56.8 Å². The quantitative estimate of drug-likeness (QED) is 0.0782. The van der Waals surface area contributed by atoms with Crippen molar-refractivity contribution in [2.75, 3.05) is 145 Å². The van der Waals surface area contributed by atoms with Gasteiger partial charge in [0.2, 0.25) is 0 Å². The van der Waals surface area contributed by atoms with E-state index in [9.17, 15) is 4.79 Å². The molecule has 0 N–H and O–H groups in total. The summed E-state index contributed by atoms with van der Waals surface area (Å²) in [5.41, 5.74) is 0.618. The first-order valence-electron chi connectivity index (χ1n) is 15.8. The van der Waals surface area contributed by atoms with Crippen LogP contribution in [0.4, 0.5) is 0 Å². The van der Waals surface area contributed by atoms with Crippen LogP contribution in [0.15, 0.2) is 24.3 Å². The highest BCUT2D eigenvalue weighted by molar-refractivity contribution is 5.74. The molecule has 0 aliphatic carbocycles. The van der Waals surface area contributed by atoms with Gasteiger partial charge in [-0.25, -0.2) is 0 Å². The van der Waals surface area contributed by atoms with Gasteiger partial charge in [0, 0.05) is 5.56 Å². The van der Waals surface area contributed by atoms with Gasteiger partial charge in [0.15, 0.2) is 0 Å². The third kappa shape index (κ3) is 30.7. The Hall–Kier alpha value is -1.75. The summed E-state index contributed by atoms with van der Waals surface area (Å²) < 4.78 is 65.5. The highest BCUT2D eigenvalue weighted by Crippen LogP contribution is 2.10. The number of benzene rings is 1. The average Bonchev–Trinajstić information content (AvgIpc) is 3.05. The van der Waals surface area contributed by atoms with Crippen molar-refractivity contribution in [1.82, 2.24) is 0 Å². The zero-order chi connectivity index (χ0) is 32.3. The van der Waals surface area contributed by atoms with Crippen LogP contribution in [0, 0.1) is 0 Å². The van der Waals surface area contributed by atoms with E-state index in [2.05, 4.69) is 0 Å². The highest BCUT2D eigenvalue weighted by atomic mass is 16.6. The Labute approximate surface area is 268 Å². The molecule has 0 aliphatic heterocycles. The van der Waals surface area contributed by atoms with Crippen molar-refractivity contribution in [3.8, 4) is 5.75 Å². The van der Waals surface area contributed by atoms with E-state index < -0.39 is 0 Å². The van der Waals surface area contributed by atoms with Crippen molar-refractivity contribution in [3.63, 3.8) is 0 Å². The number of aldehydes is 1. The van der Waals surface area contributed by atoms with Crippen molar-refractivity contribution < 1.29 is 61.6 Å². The topological polar surface area (TPSA) is 128 Å². The SMILES string of the molecule is CC(C)OCCOCCOCCOCCOCCOCCOCCOCCOCCOCCOCCOc1ccc(C=O)cc1. The number of carbonyl (C=O) groups is 1. The second-order valence-corrected chi connectivity index (χ2v) is 9.58. The lowest BCUT2D eigenvalue weighted by molar-refractivity contribution is -0.0288. The van der Waals surface area contributed by atoms with Gasteiger partial charge in [-0.3, -0.25) is 4.79 Å². The molecule has 0 saturated carbocycles. The molecule has 0 unspecified atom stereocenters. The monoisotopic (exact) mass is 648 g/mol. The molecule has 0 bridgehead atoms. The molecule has 45 heavy (non-hydrogen) atoms. The maximum atomic E-state index is 10.6. The molecule has 0 amide bonds. The third-order valence-electron chi connectivity index (χ3n) is 5.54. The molecule has 13 nitrogen and oxygen atoms in total. The first kappa shape index (κ1) is 41.3. The van der Waals surface area contributed by atoms with Crippen LogP contribution in [0.3, 0.4) is 0 Å². The van der Waals surface area contributed by atoms with Crippen LogP contribution in [-0.4, -0.2) is 158 Å². The number of carbonyl (C=O) groups excluding carboxylic acids is 1. The molecule has 1 aromatic rings. The number of rotatable bonds is 36. The number of ether oxygens (including phenoxy) is 12. The van der Waals surface area contributed by atoms with Gasteiger partial charge in [-0.05, 0) is 38.1 Å². The smallest absolute Gasteiger partial charge is 0.150 e. The van der Waals surface area contributed by atoms with Gasteiger partial charge < -0.3 is 56.8 Å². The summed E-state index contributed by atoms with van der Waals surface area (Å²) in [4.78, 5) is 10.6. The Balaban J connectivity index is 1.64. The predicted octanol–water partition coefficient (Wildman–Crippen LogP) is 2.47. The standard InChI is InChI=1S/C32H56O13/c1-30(2)44-27-25-42-23-21-40-19-17-38-15-13-36-11-9-34-7-8-35-10-12-37-14-16-39-18-20-41-22-24-43-26-28-45-32-5-3-31(29-33)4-6-32/h3-6,29-30H,7-28H2,1-2H3. The molecule has 0 saturated heterocycles. The van der Waals surface area contributed by atoms with E-state index in [0.717, 1.165) is 6.29 Å². The highest BCUT2D eigenvalue weighted by Gasteiger charge is 1.98. The molecule has 0 aromatic heterocycles. The Morgan fingerprint density at radius 2 is 0.689 bits per heavy atom. The summed E-state index contributed by atoms with van der Waals surface area (Å²) in [5.74, 6) is 0.704. The predicted molar refractivity (Wildman–Crippen MR) is 167 cm³/mol. The van der Waals surface area contributed by atoms with Gasteiger partial charge in [-0.2, -0.15) is 0 Å². The third-order valence-corrected chi connectivity index (χ3v) is 5.54. The van der Waals surface area contributed by atoms with E-state index in [1.807, 2.05) is 13.8 Å². The number of hydrogen-bond donors (Lipinski definition) is 0. The van der Waals surface area contributed by atoms with Gasteiger partial charge in [-0.15, -0.1) is 0 Å². The molecule has 13 heteroatoms. The lowest BCUT2D eigenvalue weighted by Crippen LogP contribution is -2.15. The fourth-order valence-electron chi connectivity index (χ4n) is 3.29. The normalized spacial score (nSPS) is 11.4. The van der Waals surface area contributed by atoms with Crippen molar-refractivity contribution in [3.05, 3.63) is 29.8 Å². The molecule has 0 aliphatic rings. The number of hydrogen-bond acceptors (Lipinski definition) is 13. The molecule has 0 heterocycles. The summed E-state index contributed by atoms with van der Waals surface area (Å²) in [6.45, 7) is 15.2. The summed E-state index contributed by atoms with van der Waals surface area (Å²) in [5, 5.41) is 0. The second kappa shape index (κ2) is 33.6. The first-order chi connectivity index (χ1) is 22.2. The zero-order valence-corrected chi connectivity index (χ0v) is 27.3. The van der Waals surface area contributed by atoms with Crippen molar-refractivity contribution >= 4 is 6.29 Å². The molecular weight excluding hydrogens is 592 g/mol. The Bertz CT molecular complexity index is 736. The molecule has 0 fully saturated rings. The summed E-state index contributed by atoms with van der Waals surface area (Å²) in [6.07, 6.45) is 1.03. The summed E-state index contributed by atoms with van der Waals surface area (Å²) in [7, 11) is 0.